The van der Waals surface area contributed by atoms with Crippen LogP contribution < -0.4 is 4.90 Å². The highest BCUT2D eigenvalue weighted by Gasteiger charge is 2.43. The van der Waals surface area contributed by atoms with Crippen LogP contribution in [-0.4, -0.2) is 5.91 Å². The maximum absolute atomic E-state index is 13.7. The average molecular weight is 466 g/mol. The molecule has 2 nitrogen and oxygen atoms in total. The van der Waals surface area contributed by atoms with Crippen LogP contribution in [0.2, 0.25) is 10.0 Å². The largest absolute Gasteiger partial charge is 0.297 e. The van der Waals surface area contributed by atoms with Crippen LogP contribution in [0.15, 0.2) is 30.3 Å². The maximum atomic E-state index is 13.7. The van der Waals surface area contributed by atoms with Gasteiger partial charge in [0.25, 0.3) is 5.91 Å². The van der Waals surface area contributed by atoms with Crippen molar-refractivity contribution in [1.29, 1.82) is 0 Å². The Balaban J connectivity index is 2.01. The highest BCUT2D eigenvalue weighted by atomic mass is 35.5. The summed E-state index contributed by atoms with van der Waals surface area (Å²) in [4.78, 5) is 16.7. The number of carbonyl (C=O) groups excluding carboxylic acids is 1. The molecule has 0 aliphatic carbocycles. The fourth-order valence-electron chi connectivity index (χ4n) is 3.63. The van der Waals surface area contributed by atoms with Crippen molar-refractivity contribution in [3.63, 3.8) is 0 Å². The van der Waals surface area contributed by atoms with Gasteiger partial charge in [-0.3, -0.25) is 9.69 Å². The summed E-state index contributed by atoms with van der Waals surface area (Å²) in [7, 11) is 3.23. The second-order valence-corrected chi connectivity index (χ2v) is 11.1. The van der Waals surface area contributed by atoms with E-state index in [9.17, 15) is 4.79 Å². The number of benzene rings is 2. The van der Waals surface area contributed by atoms with Gasteiger partial charge in [0, 0.05) is 16.1 Å². The SMILES string of the molecule is Cc1cc2c(cc1C)N(C(=O)c1ccc(Cl)cc1Cl)C(C)(C)c1ssc(=S)c1-2. The Morgan fingerprint density at radius 2 is 1.75 bits per heavy atom. The Morgan fingerprint density at radius 3 is 2.43 bits per heavy atom. The monoisotopic (exact) mass is 465 g/mol. The Bertz CT molecular complexity index is 1190. The number of fused-ring (bicyclic) bond motifs is 3. The van der Waals surface area contributed by atoms with Crippen molar-refractivity contribution >= 4 is 67.7 Å². The average Bonchev–Trinajstić information content (AvgIpc) is 2.99. The van der Waals surface area contributed by atoms with E-state index < -0.39 is 5.54 Å². The normalized spacial score (nSPS) is 14.6. The van der Waals surface area contributed by atoms with E-state index in [1.165, 1.54) is 5.56 Å². The molecule has 0 unspecified atom stereocenters. The molecule has 0 bridgehead atoms. The molecule has 0 saturated heterocycles. The maximum Gasteiger partial charge on any atom is 0.260 e. The lowest BCUT2D eigenvalue weighted by Crippen LogP contribution is -2.48. The molecule has 2 aromatic carbocycles. The van der Waals surface area contributed by atoms with Crippen molar-refractivity contribution < 1.29 is 4.79 Å². The van der Waals surface area contributed by atoms with Crippen LogP contribution in [0.25, 0.3) is 11.1 Å². The fourth-order valence-corrected chi connectivity index (χ4v) is 7.40. The lowest BCUT2D eigenvalue weighted by molar-refractivity contribution is 0.0962. The molecule has 0 radical (unpaired) electrons. The van der Waals surface area contributed by atoms with E-state index in [1.807, 2.05) is 4.90 Å². The second kappa shape index (κ2) is 6.92. The minimum Gasteiger partial charge on any atom is -0.297 e. The van der Waals surface area contributed by atoms with Crippen molar-refractivity contribution in [1.82, 2.24) is 0 Å². The van der Waals surface area contributed by atoms with Crippen molar-refractivity contribution in [2.75, 3.05) is 4.90 Å². The van der Waals surface area contributed by atoms with Crippen LogP contribution in [0.1, 0.15) is 40.2 Å². The van der Waals surface area contributed by atoms with Crippen molar-refractivity contribution in [2.24, 2.45) is 0 Å². The number of hydrogen-bond donors (Lipinski definition) is 0. The molecule has 1 aromatic heterocycles. The highest BCUT2D eigenvalue weighted by molar-refractivity contribution is 7.80. The molecule has 0 saturated carbocycles. The smallest absolute Gasteiger partial charge is 0.260 e. The zero-order chi connectivity index (χ0) is 20.4. The van der Waals surface area contributed by atoms with Gasteiger partial charge in [-0.2, -0.15) is 0 Å². The predicted octanol–water partition coefficient (Wildman–Crippen LogP) is 8.03. The number of halogens is 2. The third-order valence-corrected chi connectivity index (χ3v) is 9.11. The molecule has 1 amide bonds. The molecule has 0 fully saturated rings. The molecule has 28 heavy (non-hydrogen) atoms. The van der Waals surface area contributed by atoms with Gasteiger partial charge in [-0.05, 0) is 69.2 Å². The van der Waals surface area contributed by atoms with Crippen LogP contribution >= 0.6 is 56.1 Å². The first-order valence-electron chi connectivity index (χ1n) is 8.67. The minimum atomic E-state index is -0.553. The van der Waals surface area contributed by atoms with Gasteiger partial charge in [0.1, 0.15) is 3.82 Å². The van der Waals surface area contributed by atoms with Gasteiger partial charge in [-0.25, -0.2) is 0 Å². The first-order chi connectivity index (χ1) is 13.1. The van der Waals surface area contributed by atoms with Gasteiger partial charge < -0.3 is 0 Å². The molecular weight excluding hydrogens is 449 g/mol. The molecule has 1 aliphatic heterocycles. The van der Waals surface area contributed by atoms with Gasteiger partial charge in [0.05, 0.1) is 26.7 Å². The summed E-state index contributed by atoms with van der Waals surface area (Å²) in [5.41, 5.74) is 5.15. The zero-order valence-electron chi connectivity index (χ0n) is 15.7. The number of carbonyl (C=O) groups is 1. The summed E-state index contributed by atoms with van der Waals surface area (Å²) >= 11 is 18.1. The van der Waals surface area contributed by atoms with Crippen LogP contribution in [0.3, 0.4) is 0 Å². The molecule has 3 aromatic rings. The Morgan fingerprint density at radius 1 is 1.07 bits per heavy atom. The number of hydrogen-bond acceptors (Lipinski definition) is 4. The van der Waals surface area contributed by atoms with Gasteiger partial charge in [-0.15, -0.1) is 0 Å². The van der Waals surface area contributed by atoms with E-state index in [4.69, 9.17) is 35.4 Å². The highest BCUT2D eigenvalue weighted by Crippen LogP contribution is 2.53. The lowest BCUT2D eigenvalue weighted by atomic mass is 9.85. The van der Waals surface area contributed by atoms with Crippen LogP contribution in [0, 0.1) is 17.7 Å². The first kappa shape index (κ1) is 20.0. The Kier molecular flexibility index (Phi) is 4.96. The van der Waals surface area contributed by atoms with E-state index >= 15 is 0 Å². The summed E-state index contributed by atoms with van der Waals surface area (Å²) in [6.07, 6.45) is 0. The summed E-state index contributed by atoms with van der Waals surface area (Å²) in [5.74, 6) is -0.147. The van der Waals surface area contributed by atoms with E-state index in [1.54, 1.807) is 38.9 Å². The zero-order valence-corrected chi connectivity index (χ0v) is 19.7. The van der Waals surface area contributed by atoms with E-state index in [-0.39, 0.29) is 5.91 Å². The quantitative estimate of drug-likeness (QED) is 0.267. The number of rotatable bonds is 1. The lowest BCUT2D eigenvalue weighted by Gasteiger charge is -2.43. The molecule has 0 N–H and O–H groups in total. The number of anilines is 1. The van der Waals surface area contributed by atoms with Gasteiger partial charge in [0.2, 0.25) is 0 Å². The molecule has 144 valence electrons. The standard InChI is InChI=1S/C21H17Cl2NOS3/c1-10-7-14-16(8-11(10)2)24(19(25)13-6-5-12(22)9-15(13)23)21(3,4)18-17(14)20(26)28-27-18/h5-9H,1-4H3. The van der Waals surface area contributed by atoms with Crippen LogP contribution in [0.4, 0.5) is 5.69 Å². The van der Waals surface area contributed by atoms with Gasteiger partial charge in [0.15, 0.2) is 0 Å². The van der Waals surface area contributed by atoms with Crippen molar-refractivity contribution in [2.45, 2.75) is 33.2 Å². The molecule has 7 heteroatoms. The summed E-state index contributed by atoms with van der Waals surface area (Å²) < 4.78 is 0.870. The van der Waals surface area contributed by atoms with E-state index in [0.29, 0.717) is 15.6 Å². The van der Waals surface area contributed by atoms with Crippen LogP contribution in [0.5, 0.6) is 0 Å². The summed E-state index contributed by atoms with van der Waals surface area (Å²) in [6.45, 7) is 8.25. The fraction of sp³-hybridized carbons (Fsp3) is 0.238. The summed E-state index contributed by atoms with van der Waals surface area (Å²) in [5, 5.41) is 0.854. The molecule has 1 aliphatic rings. The molecular formula is C21H17Cl2NOS3. The Labute approximate surface area is 186 Å². The second-order valence-electron chi connectivity index (χ2n) is 7.44. The first-order valence-corrected chi connectivity index (χ1v) is 12.0. The predicted molar refractivity (Wildman–Crippen MR) is 124 cm³/mol. The third-order valence-electron chi connectivity index (χ3n) is 5.23. The molecule has 2 heterocycles. The topological polar surface area (TPSA) is 20.3 Å². The molecule has 4 rings (SSSR count). The van der Waals surface area contributed by atoms with Crippen molar-refractivity contribution in [3.8, 4) is 11.1 Å². The number of aryl methyl sites for hydroxylation is 2. The van der Waals surface area contributed by atoms with E-state index in [0.717, 1.165) is 31.1 Å². The van der Waals surface area contributed by atoms with Crippen LogP contribution in [-0.2, 0) is 5.54 Å². The number of amides is 1. The van der Waals surface area contributed by atoms with Gasteiger partial charge >= 0.3 is 0 Å². The Hall–Kier alpha value is -1.24. The number of nitrogens with zero attached hydrogens (tertiary/aromatic N) is 1. The van der Waals surface area contributed by atoms with Crippen molar-refractivity contribution in [3.05, 3.63) is 65.8 Å². The minimum absolute atomic E-state index is 0.147. The summed E-state index contributed by atoms with van der Waals surface area (Å²) in [6, 6.07) is 9.20. The molecule has 0 atom stereocenters. The molecule has 0 spiro atoms. The van der Waals surface area contributed by atoms with Gasteiger partial charge in [-0.1, -0.05) is 56.1 Å². The third kappa shape index (κ3) is 2.96. The van der Waals surface area contributed by atoms with E-state index in [2.05, 4.69) is 39.8 Å².